The Bertz CT molecular complexity index is 552. The van der Waals surface area contributed by atoms with E-state index in [1.54, 1.807) is 12.1 Å². The molecule has 3 atom stereocenters. The molecule has 0 radical (unpaired) electrons. The summed E-state index contributed by atoms with van der Waals surface area (Å²) in [5.41, 5.74) is 6.78. The molecule has 0 saturated heterocycles. The first-order chi connectivity index (χ1) is 11.2. The fourth-order valence-corrected chi connectivity index (χ4v) is 2.96. The average Bonchev–Trinajstić information content (AvgIpc) is 2.90. The lowest BCUT2D eigenvalue weighted by atomic mass is 9.99. The molecule has 0 aliphatic heterocycles. The molecule has 8 heteroatoms. The van der Waals surface area contributed by atoms with E-state index in [4.69, 9.17) is 5.73 Å². The van der Waals surface area contributed by atoms with Gasteiger partial charge in [-0.3, -0.25) is 4.79 Å². The monoisotopic (exact) mass is 380 g/mol. The van der Waals surface area contributed by atoms with Crippen LogP contribution in [-0.2, 0) is 4.79 Å². The summed E-state index contributed by atoms with van der Waals surface area (Å²) in [5.74, 6) is 0.323. The third kappa shape index (κ3) is 7.12. The summed E-state index contributed by atoms with van der Waals surface area (Å²) in [4.78, 5) is 12.1. The summed E-state index contributed by atoms with van der Waals surface area (Å²) in [6.07, 6.45) is -0.936. The molecule has 1 amide bonds. The first-order valence-electron chi connectivity index (χ1n) is 8.09. The number of nitrogens with two attached hydrogens (primary N) is 1. The van der Waals surface area contributed by atoms with Gasteiger partial charge < -0.3 is 15.8 Å². The second-order valence-corrected chi connectivity index (χ2v) is 6.32. The Morgan fingerprint density at radius 1 is 1.32 bits per heavy atom. The van der Waals surface area contributed by atoms with Crippen molar-refractivity contribution in [3.8, 4) is 5.75 Å². The molecule has 1 aliphatic rings. The highest BCUT2D eigenvalue weighted by atomic mass is 35.5. The van der Waals surface area contributed by atoms with Crippen LogP contribution < -0.4 is 15.8 Å². The van der Waals surface area contributed by atoms with Crippen molar-refractivity contribution in [3.63, 3.8) is 0 Å². The highest BCUT2D eigenvalue weighted by Gasteiger charge is 2.28. The van der Waals surface area contributed by atoms with E-state index in [1.807, 2.05) is 6.92 Å². The third-order valence-corrected chi connectivity index (χ3v) is 4.33. The first-order valence-corrected chi connectivity index (χ1v) is 8.09. The predicted octanol–water partition coefficient (Wildman–Crippen LogP) is 3.74. The van der Waals surface area contributed by atoms with Gasteiger partial charge in [0.05, 0.1) is 6.04 Å². The molecule has 2 rings (SSSR count). The van der Waals surface area contributed by atoms with E-state index in [2.05, 4.69) is 10.1 Å². The SMILES string of the molecule is CC(NC(=O)C[C@@H]1CCC[C@H]1N)c1ccc(OCC(F)(F)F)cc1.Cl. The van der Waals surface area contributed by atoms with Gasteiger partial charge in [-0.1, -0.05) is 18.6 Å². The van der Waals surface area contributed by atoms with Crippen LogP contribution in [0.3, 0.4) is 0 Å². The van der Waals surface area contributed by atoms with Gasteiger partial charge in [0.15, 0.2) is 6.61 Å². The Morgan fingerprint density at radius 3 is 2.48 bits per heavy atom. The number of halogens is 4. The van der Waals surface area contributed by atoms with Crippen molar-refractivity contribution in [3.05, 3.63) is 29.8 Å². The average molecular weight is 381 g/mol. The Balaban J connectivity index is 0.00000312. The fourth-order valence-electron chi connectivity index (χ4n) is 2.96. The zero-order valence-corrected chi connectivity index (χ0v) is 14.8. The number of hydrogen-bond acceptors (Lipinski definition) is 3. The van der Waals surface area contributed by atoms with Crippen LogP contribution in [0.25, 0.3) is 0 Å². The minimum absolute atomic E-state index is 0. The molecule has 25 heavy (non-hydrogen) atoms. The van der Waals surface area contributed by atoms with Gasteiger partial charge in [-0.2, -0.15) is 13.2 Å². The van der Waals surface area contributed by atoms with Crippen LogP contribution in [0.15, 0.2) is 24.3 Å². The van der Waals surface area contributed by atoms with Crippen molar-refractivity contribution < 1.29 is 22.7 Å². The summed E-state index contributed by atoms with van der Waals surface area (Å²) >= 11 is 0. The molecule has 1 aromatic rings. The van der Waals surface area contributed by atoms with Crippen LogP contribution >= 0.6 is 12.4 Å². The van der Waals surface area contributed by atoms with Crippen molar-refractivity contribution in [1.82, 2.24) is 5.32 Å². The van der Waals surface area contributed by atoms with Crippen LogP contribution in [0.2, 0.25) is 0 Å². The lowest BCUT2D eigenvalue weighted by Crippen LogP contribution is -2.32. The van der Waals surface area contributed by atoms with Crippen molar-refractivity contribution in [1.29, 1.82) is 0 Å². The van der Waals surface area contributed by atoms with Crippen LogP contribution in [0.1, 0.15) is 44.2 Å². The zero-order valence-electron chi connectivity index (χ0n) is 14.0. The molecule has 142 valence electrons. The summed E-state index contributed by atoms with van der Waals surface area (Å²) < 4.78 is 41.0. The van der Waals surface area contributed by atoms with E-state index in [9.17, 15) is 18.0 Å². The van der Waals surface area contributed by atoms with Gasteiger partial charge in [0.25, 0.3) is 0 Å². The summed E-state index contributed by atoms with van der Waals surface area (Å²) in [6.45, 7) is 0.512. The predicted molar refractivity (Wildman–Crippen MR) is 91.7 cm³/mol. The Labute approximate surface area is 151 Å². The molecule has 3 N–H and O–H groups in total. The van der Waals surface area contributed by atoms with Crippen molar-refractivity contribution >= 4 is 18.3 Å². The van der Waals surface area contributed by atoms with Crippen LogP contribution in [-0.4, -0.2) is 24.7 Å². The van der Waals surface area contributed by atoms with E-state index in [1.165, 1.54) is 12.1 Å². The van der Waals surface area contributed by atoms with Gasteiger partial charge >= 0.3 is 6.18 Å². The molecule has 0 bridgehead atoms. The third-order valence-electron chi connectivity index (χ3n) is 4.33. The molecular weight excluding hydrogens is 357 g/mol. The Kier molecular flexibility index (Phi) is 8.02. The number of carbonyl (C=O) groups is 1. The molecule has 1 unspecified atom stereocenters. The van der Waals surface area contributed by atoms with Crippen molar-refractivity contribution in [2.45, 2.75) is 50.9 Å². The van der Waals surface area contributed by atoms with Crippen molar-refractivity contribution in [2.75, 3.05) is 6.61 Å². The second kappa shape index (κ2) is 9.29. The van der Waals surface area contributed by atoms with Gasteiger partial charge in [-0.15, -0.1) is 12.4 Å². The summed E-state index contributed by atoms with van der Waals surface area (Å²) in [7, 11) is 0. The molecule has 1 fully saturated rings. The number of ether oxygens (including phenoxy) is 1. The number of benzene rings is 1. The van der Waals surface area contributed by atoms with E-state index in [0.717, 1.165) is 24.8 Å². The zero-order chi connectivity index (χ0) is 17.7. The topological polar surface area (TPSA) is 64.4 Å². The second-order valence-electron chi connectivity index (χ2n) is 6.32. The normalized spacial score (nSPS) is 21.3. The minimum Gasteiger partial charge on any atom is -0.484 e. The maximum Gasteiger partial charge on any atom is 0.422 e. The van der Waals surface area contributed by atoms with Gasteiger partial charge in [0.2, 0.25) is 5.91 Å². The van der Waals surface area contributed by atoms with Gasteiger partial charge in [-0.05, 0) is 43.4 Å². The van der Waals surface area contributed by atoms with Crippen molar-refractivity contribution in [2.24, 2.45) is 11.7 Å². The van der Waals surface area contributed by atoms with E-state index in [-0.39, 0.29) is 42.1 Å². The van der Waals surface area contributed by atoms with Gasteiger partial charge in [0, 0.05) is 12.5 Å². The quantitative estimate of drug-likeness (QED) is 0.790. The summed E-state index contributed by atoms with van der Waals surface area (Å²) in [5, 5.41) is 2.90. The van der Waals surface area contributed by atoms with Crippen LogP contribution in [0, 0.1) is 5.92 Å². The maximum absolute atomic E-state index is 12.1. The molecule has 1 aliphatic carbocycles. The molecule has 1 aromatic carbocycles. The molecular formula is C17H24ClF3N2O2. The number of carbonyl (C=O) groups excluding carboxylic acids is 1. The lowest BCUT2D eigenvalue weighted by molar-refractivity contribution is -0.153. The van der Waals surface area contributed by atoms with Crippen LogP contribution in [0.5, 0.6) is 5.75 Å². The number of rotatable bonds is 6. The highest BCUT2D eigenvalue weighted by Crippen LogP contribution is 2.27. The largest absolute Gasteiger partial charge is 0.484 e. The number of hydrogen-bond donors (Lipinski definition) is 2. The number of alkyl halides is 3. The molecule has 1 saturated carbocycles. The van der Waals surface area contributed by atoms with E-state index in [0.29, 0.717) is 6.42 Å². The first kappa shape index (κ1) is 21.6. The standard InChI is InChI=1S/C17H23F3N2O2.ClH/c1-11(22-16(23)9-13-3-2-4-15(13)21)12-5-7-14(8-6-12)24-10-17(18,19)20;/h5-8,11,13,15H,2-4,9-10,21H2,1H3,(H,22,23);1H/t11?,13-,15+;/m0./s1. The smallest absolute Gasteiger partial charge is 0.422 e. The molecule has 0 aromatic heterocycles. The van der Waals surface area contributed by atoms with E-state index < -0.39 is 12.8 Å². The molecule has 4 nitrogen and oxygen atoms in total. The lowest BCUT2D eigenvalue weighted by Gasteiger charge is -2.18. The highest BCUT2D eigenvalue weighted by molar-refractivity contribution is 5.85. The number of amides is 1. The Morgan fingerprint density at radius 2 is 1.96 bits per heavy atom. The minimum atomic E-state index is -4.36. The molecule has 0 spiro atoms. The molecule has 0 heterocycles. The number of nitrogens with one attached hydrogen (secondary N) is 1. The van der Waals surface area contributed by atoms with Crippen LogP contribution in [0.4, 0.5) is 13.2 Å². The van der Waals surface area contributed by atoms with Gasteiger partial charge in [0.1, 0.15) is 5.75 Å². The summed E-state index contributed by atoms with van der Waals surface area (Å²) in [6, 6.07) is 6.10. The van der Waals surface area contributed by atoms with Gasteiger partial charge in [-0.25, -0.2) is 0 Å². The van der Waals surface area contributed by atoms with E-state index >= 15 is 0 Å². The fraction of sp³-hybridized carbons (Fsp3) is 0.588. The maximum atomic E-state index is 12.1. The Hall–Kier alpha value is -1.47.